The highest BCUT2D eigenvalue weighted by Crippen LogP contribution is 2.47. The number of carbonyl (C=O) groups is 3. The van der Waals surface area contributed by atoms with Gasteiger partial charge in [-0.25, -0.2) is 0 Å². The summed E-state index contributed by atoms with van der Waals surface area (Å²) in [6, 6.07) is 12.6. The first-order valence-electron chi connectivity index (χ1n) is 14.6. The average molecular weight is 495 g/mol. The van der Waals surface area contributed by atoms with Crippen LogP contribution in [0.3, 0.4) is 0 Å². The molecule has 6 rings (SSSR count). The second-order valence-electron chi connectivity index (χ2n) is 12.0. The van der Waals surface area contributed by atoms with Gasteiger partial charge in [0.2, 0.25) is 0 Å². The van der Waals surface area contributed by atoms with Crippen LogP contribution in [0.5, 0.6) is 0 Å². The highest BCUT2D eigenvalue weighted by molar-refractivity contribution is 6.01. The van der Waals surface area contributed by atoms with Crippen LogP contribution in [-0.4, -0.2) is 17.3 Å². The van der Waals surface area contributed by atoms with Crippen LogP contribution in [0.15, 0.2) is 42.5 Å². The Hall–Kier alpha value is -2.81. The monoisotopic (exact) mass is 494 g/mol. The molecule has 4 aliphatic carbocycles. The van der Waals surface area contributed by atoms with Crippen LogP contribution in [0.25, 0.3) is 6.08 Å². The van der Waals surface area contributed by atoms with Crippen LogP contribution < -0.4 is 0 Å². The van der Waals surface area contributed by atoms with Crippen molar-refractivity contribution in [3.05, 3.63) is 75.9 Å². The maximum Gasteiger partial charge on any atom is 0.163 e. The summed E-state index contributed by atoms with van der Waals surface area (Å²) in [7, 11) is 0. The number of rotatable bonds is 0. The van der Waals surface area contributed by atoms with Gasteiger partial charge in [0.05, 0.1) is 5.41 Å². The molecule has 0 N–H and O–H groups in total. The number of hydrogen-bond donors (Lipinski definition) is 0. The van der Waals surface area contributed by atoms with Crippen LogP contribution >= 0.6 is 0 Å². The predicted octanol–water partition coefficient (Wildman–Crippen LogP) is 7.16. The summed E-state index contributed by atoms with van der Waals surface area (Å²) in [4.78, 5) is 40.0. The van der Waals surface area contributed by atoms with Gasteiger partial charge in [-0.3, -0.25) is 14.4 Å². The number of hydrogen-bond acceptors (Lipinski definition) is 3. The molecule has 1 saturated carbocycles. The van der Waals surface area contributed by atoms with E-state index in [-0.39, 0.29) is 17.6 Å². The van der Waals surface area contributed by atoms with Crippen molar-refractivity contribution in [2.75, 3.05) is 0 Å². The number of allylic oxidation sites excluding steroid dienone is 1. The summed E-state index contributed by atoms with van der Waals surface area (Å²) >= 11 is 0. The maximum atomic E-state index is 13.4. The molecule has 0 saturated heterocycles. The van der Waals surface area contributed by atoms with E-state index in [1.165, 1.54) is 42.4 Å². The Morgan fingerprint density at radius 2 is 1.46 bits per heavy atom. The highest BCUT2D eigenvalue weighted by Gasteiger charge is 2.50. The van der Waals surface area contributed by atoms with Gasteiger partial charge in [0.15, 0.2) is 5.78 Å². The van der Waals surface area contributed by atoms with Crippen molar-refractivity contribution in [3.63, 3.8) is 0 Å². The van der Waals surface area contributed by atoms with E-state index in [0.717, 1.165) is 56.1 Å². The lowest BCUT2D eigenvalue weighted by molar-refractivity contribution is -0.129. The third-order valence-corrected chi connectivity index (χ3v) is 9.62. The Labute approximate surface area is 220 Å². The van der Waals surface area contributed by atoms with Crippen molar-refractivity contribution < 1.29 is 14.4 Å². The first-order valence-corrected chi connectivity index (χ1v) is 14.6. The normalized spacial score (nSPS) is 29.1. The lowest BCUT2D eigenvalue weighted by Gasteiger charge is -2.27. The number of fused-ring (bicyclic) bond motifs is 4. The second-order valence-corrected chi connectivity index (χ2v) is 12.0. The van der Waals surface area contributed by atoms with E-state index in [0.29, 0.717) is 36.4 Å². The summed E-state index contributed by atoms with van der Waals surface area (Å²) in [5.41, 5.74) is 6.05. The molecule has 0 aliphatic heterocycles. The largest absolute Gasteiger partial charge is 0.299 e. The molecule has 37 heavy (non-hydrogen) atoms. The van der Waals surface area contributed by atoms with E-state index >= 15 is 0 Å². The molecule has 3 atom stereocenters. The molecule has 0 heterocycles. The predicted molar refractivity (Wildman–Crippen MR) is 147 cm³/mol. The molecule has 3 unspecified atom stereocenters. The van der Waals surface area contributed by atoms with Crippen LogP contribution in [0, 0.1) is 11.8 Å². The van der Waals surface area contributed by atoms with Crippen molar-refractivity contribution >= 4 is 23.4 Å². The molecule has 0 aromatic heterocycles. The van der Waals surface area contributed by atoms with E-state index in [2.05, 4.69) is 36.4 Å². The molecule has 1 fully saturated rings. The van der Waals surface area contributed by atoms with Crippen molar-refractivity contribution in [2.45, 2.75) is 95.3 Å². The lowest BCUT2D eigenvalue weighted by Crippen LogP contribution is -2.32. The molecule has 4 aliphatic rings. The molecule has 0 amide bonds. The SMILES string of the molecule is O=C1CC2CCCC(CCCCCCC/C=C\c3ccc4c(c3)C3(Cc5ccc1cc5C3)C(=O)C4)C2=O. The summed E-state index contributed by atoms with van der Waals surface area (Å²) in [5, 5.41) is 0. The van der Waals surface area contributed by atoms with Crippen LogP contribution in [0.2, 0.25) is 0 Å². The number of benzene rings is 2. The van der Waals surface area contributed by atoms with Crippen molar-refractivity contribution in [1.29, 1.82) is 0 Å². The molecule has 7 bridgehead atoms. The molecule has 3 nitrogen and oxygen atoms in total. The summed E-state index contributed by atoms with van der Waals surface area (Å²) in [6.45, 7) is 0. The van der Waals surface area contributed by atoms with Crippen LogP contribution in [0.1, 0.15) is 109 Å². The van der Waals surface area contributed by atoms with Crippen molar-refractivity contribution in [3.8, 4) is 0 Å². The molecule has 0 radical (unpaired) electrons. The number of Topliss-reactive ketones (excluding diaryl/α,β-unsaturated/α-hetero) is 3. The van der Waals surface area contributed by atoms with E-state index in [9.17, 15) is 14.4 Å². The molecule has 3 heteroatoms. The molecule has 2 aromatic rings. The molecular formula is C34H38O3. The van der Waals surface area contributed by atoms with Crippen LogP contribution in [-0.2, 0) is 34.3 Å². The standard InChI is InChI=1S/C34H38O3/c35-31-19-27-12-8-11-24(33(27)37)10-7-5-3-1-2-4-6-9-23-13-14-25-20-32(36)34(30(25)17-23)21-28-16-15-26(31)18-29(28)22-34/h6,9,13-18,24,27H,1-5,7-8,10-12,19-22H2/b9-6-. The first-order chi connectivity index (χ1) is 18.0. The smallest absolute Gasteiger partial charge is 0.163 e. The summed E-state index contributed by atoms with van der Waals surface area (Å²) in [6.07, 6.45) is 17.6. The third kappa shape index (κ3) is 4.67. The molecule has 1 spiro atoms. The fraction of sp³-hybridized carbons (Fsp3) is 0.500. The molecular weight excluding hydrogens is 456 g/mol. The first kappa shape index (κ1) is 24.5. The molecule has 2 aromatic carbocycles. The van der Waals surface area contributed by atoms with Gasteiger partial charge in [0, 0.05) is 30.2 Å². The van der Waals surface area contributed by atoms with Gasteiger partial charge in [0.1, 0.15) is 11.6 Å². The van der Waals surface area contributed by atoms with Gasteiger partial charge in [-0.1, -0.05) is 74.6 Å². The Bertz CT molecular complexity index is 1270. The van der Waals surface area contributed by atoms with Gasteiger partial charge in [-0.2, -0.15) is 0 Å². The summed E-state index contributed by atoms with van der Waals surface area (Å²) < 4.78 is 0. The fourth-order valence-corrected chi connectivity index (χ4v) is 7.49. The van der Waals surface area contributed by atoms with Crippen molar-refractivity contribution in [1.82, 2.24) is 0 Å². The van der Waals surface area contributed by atoms with Gasteiger partial charge in [-0.05, 0) is 78.8 Å². The van der Waals surface area contributed by atoms with E-state index in [4.69, 9.17) is 0 Å². The van der Waals surface area contributed by atoms with Gasteiger partial charge in [-0.15, -0.1) is 0 Å². The zero-order valence-electron chi connectivity index (χ0n) is 21.9. The minimum atomic E-state index is -0.493. The van der Waals surface area contributed by atoms with Gasteiger partial charge < -0.3 is 0 Å². The fourth-order valence-electron chi connectivity index (χ4n) is 7.49. The topological polar surface area (TPSA) is 51.2 Å². The second kappa shape index (κ2) is 10.2. The number of carbonyl (C=O) groups excluding carboxylic acids is 3. The average Bonchev–Trinajstić information content (AvgIpc) is 3.41. The van der Waals surface area contributed by atoms with Crippen LogP contribution in [0.4, 0.5) is 0 Å². The molecule has 192 valence electrons. The third-order valence-electron chi connectivity index (χ3n) is 9.62. The highest BCUT2D eigenvalue weighted by atomic mass is 16.1. The van der Waals surface area contributed by atoms with Crippen molar-refractivity contribution in [2.24, 2.45) is 11.8 Å². The summed E-state index contributed by atoms with van der Waals surface area (Å²) in [5.74, 6) is 0.730. The quantitative estimate of drug-likeness (QED) is 0.390. The van der Waals surface area contributed by atoms with E-state index in [1.54, 1.807) is 0 Å². The Morgan fingerprint density at radius 3 is 2.38 bits per heavy atom. The zero-order chi connectivity index (χ0) is 25.4. The minimum Gasteiger partial charge on any atom is -0.299 e. The number of ketones is 3. The van der Waals surface area contributed by atoms with Gasteiger partial charge >= 0.3 is 0 Å². The van der Waals surface area contributed by atoms with E-state index in [1.807, 2.05) is 12.1 Å². The lowest BCUT2D eigenvalue weighted by atomic mass is 9.75. The minimum absolute atomic E-state index is 0.0791. The van der Waals surface area contributed by atoms with Gasteiger partial charge in [0.25, 0.3) is 0 Å². The zero-order valence-corrected chi connectivity index (χ0v) is 21.9. The Kier molecular flexibility index (Phi) is 6.73. The maximum absolute atomic E-state index is 13.4. The van der Waals surface area contributed by atoms with E-state index < -0.39 is 5.41 Å². The Balaban J connectivity index is 1.31. The Morgan fingerprint density at radius 1 is 0.703 bits per heavy atom.